The summed E-state index contributed by atoms with van der Waals surface area (Å²) in [6.07, 6.45) is 3.40. The number of β-amino-alcohol motifs (C(OH)–C–C–N with tert-alkyl or cyclic N) is 1. The summed E-state index contributed by atoms with van der Waals surface area (Å²) in [6.45, 7) is 1.06. The van der Waals surface area contributed by atoms with Crippen LogP contribution in [0.1, 0.15) is 6.42 Å². The number of nitrogens with one attached hydrogen (secondary N) is 2. The zero-order valence-corrected chi connectivity index (χ0v) is 14.9. The molecule has 2 atom stereocenters. The molecular formula is C19H21FN6O. The van der Waals surface area contributed by atoms with Gasteiger partial charge in [0.1, 0.15) is 29.6 Å². The molecule has 4 rings (SSSR count). The third-order valence-corrected chi connectivity index (χ3v) is 4.83. The van der Waals surface area contributed by atoms with Crippen molar-refractivity contribution in [1.29, 1.82) is 0 Å². The van der Waals surface area contributed by atoms with E-state index in [1.165, 1.54) is 18.5 Å². The highest BCUT2D eigenvalue weighted by Crippen LogP contribution is 2.27. The van der Waals surface area contributed by atoms with Gasteiger partial charge in [-0.25, -0.2) is 19.3 Å². The van der Waals surface area contributed by atoms with Crippen molar-refractivity contribution in [3.05, 3.63) is 48.7 Å². The van der Waals surface area contributed by atoms with Gasteiger partial charge in [0, 0.05) is 37.8 Å². The number of halogens is 1. The molecule has 0 bridgehead atoms. The first-order valence-corrected chi connectivity index (χ1v) is 8.86. The van der Waals surface area contributed by atoms with E-state index >= 15 is 0 Å². The highest BCUT2D eigenvalue weighted by molar-refractivity contribution is 5.91. The molecule has 1 saturated heterocycles. The maximum absolute atomic E-state index is 13.6. The van der Waals surface area contributed by atoms with Crippen LogP contribution in [0.15, 0.2) is 42.9 Å². The van der Waals surface area contributed by atoms with Crippen molar-refractivity contribution in [2.45, 2.75) is 18.6 Å². The summed E-state index contributed by atoms with van der Waals surface area (Å²) in [7, 11) is 1.80. The van der Waals surface area contributed by atoms with Gasteiger partial charge in [0.2, 0.25) is 0 Å². The SMILES string of the molecule is CNc1cc(N2C[C@H](O)C[C@@H]2CNc2nccc3ccc(F)cc23)ncn1. The van der Waals surface area contributed by atoms with Crippen LogP contribution in [0.5, 0.6) is 0 Å². The normalized spacial score (nSPS) is 19.4. The van der Waals surface area contributed by atoms with Crippen LogP contribution in [-0.4, -0.2) is 52.3 Å². The van der Waals surface area contributed by atoms with Gasteiger partial charge in [-0.15, -0.1) is 0 Å². The molecule has 0 unspecified atom stereocenters. The highest BCUT2D eigenvalue weighted by atomic mass is 19.1. The lowest BCUT2D eigenvalue weighted by Gasteiger charge is -2.26. The molecule has 1 fully saturated rings. The lowest BCUT2D eigenvalue weighted by Crippen LogP contribution is -2.35. The van der Waals surface area contributed by atoms with Gasteiger partial charge in [-0.05, 0) is 30.0 Å². The molecule has 0 radical (unpaired) electrons. The van der Waals surface area contributed by atoms with E-state index < -0.39 is 6.10 Å². The van der Waals surface area contributed by atoms with Crippen molar-refractivity contribution in [3.63, 3.8) is 0 Å². The lowest BCUT2D eigenvalue weighted by atomic mass is 10.1. The number of fused-ring (bicyclic) bond motifs is 1. The molecule has 0 aliphatic carbocycles. The number of anilines is 3. The first kappa shape index (κ1) is 17.4. The van der Waals surface area contributed by atoms with Crippen LogP contribution in [0, 0.1) is 5.82 Å². The molecule has 1 aromatic carbocycles. The van der Waals surface area contributed by atoms with E-state index in [9.17, 15) is 9.50 Å². The number of aliphatic hydroxyl groups excluding tert-OH is 1. The Balaban J connectivity index is 1.55. The molecule has 1 aliphatic rings. The van der Waals surface area contributed by atoms with Gasteiger partial charge in [0.25, 0.3) is 0 Å². The molecule has 2 aromatic heterocycles. The molecule has 3 N–H and O–H groups in total. The predicted octanol–water partition coefficient (Wildman–Crippen LogP) is 2.26. The Bertz CT molecular complexity index is 952. The number of pyridine rings is 1. The summed E-state index contributed by atoms with van der Waals surface area (Å²) >= 11 is 0. The van der Waals surface area contributed by atoms with E-state index in [4.69, 9.17) is 0 Å². The van der Waals surface area contributed by atoms with Crippen LogP contribution in [0.25, 0.3) is 10.8 Å². The lowest BCUT2D eigenvalue weighted by molar-refractivity contribution is 0.194. The third kappa shape index (κ3) is 3.61. The largest absolute Gasteiger partial charge is 0.391 e. The minimum Gasteiger partial charge on any atom is -0.391 e. The van der Waals surface area contributed by atoms with Crippen LogP contribution in [0.3, 0.4) is 0 Å². The fourth-order valence-electron chi connectivity index (χ4n) is 3.50. The van der Waals surface area contributed by atoms with Gasteiger partial charge >= 0.3 is 0 Å². The predicted molar refractivity (Wildman–Crippen MR) is 104 cm³/mol. The standard InChI is InChI=1S/C19H21FN6O/c1-21-17-8-18(25-11-24-17)26-10-15(27)7-14(26)9-23-19-16-6-13(20)3-2-12(16)4-5-22-19/h2-6,8,11,14-15,27H,7,9-10H2,1H3,(H,22,23)(H,21,24,25)/t14-,15-/m1/s1. The quantitative estimate of drug-likeness (QED) is 0.637. The maximum Gasteiger partial charge on any atom is 0.134 e. The summed E-state index contributed by atoms with van der Waals surface area (Å²) < 4.78 is 13.6. The number of hydrogen-bond donors (Lipinski definition) is 3. The molecule has 0 spiro atoms. The Morgan fingerprint density at radius 3 is 2.96 bits per heavy atom. The fourth-order valence-corrected chi connectivity index (χ4v) is 3.50. The average Bonchev–Trinajstić information content (AvgIpc) is 3.07. The Morgan fingerprint density at radius 1 is 1.22 bits per heavy atom. The Labute approximate surface area is 156 Å². The molecule has 0 saturated carbocycles. The van der Waals surface area contributed by atoms with Crippen molar-refractivity contribution >= 4 is 28.2 Å². The average molecular weight is 368 g/mol. The summed E-state index contributed by atoms with van der Waals surface area (Å²) in [6, 6.07) is 8.40. The second kappa shape index (κ2) is 7.32. The van der Waals surface area contributed by atoms with Crippen LogP contribution in [0.4, 0.5) is 21.8 Å². The van der Waals surface area contributed by atoms with E-state index in [-0.39, 0.29) is 11.9 Å². The number of aliphatic hydroxyl groups is 1. The number of hydrogen-bond acceptors (Lipinski definition) is 7. The second-order valence-electron chi connectivity index (χ2n) is 6.61. The highest BCUT2D eigenvalue weighted by Gasteiger charge is 2.32. The van der Waals surface area contributed by atoms with Crippen molar-refractivity contribution in [2.75, 3.05) is 35.7 Å². The Morgan fingerprint density at radius 2 is 2.11 bits per heavy atom. The smallest absolute Gasteiger partial charge is 0.134 e. The van der Waals surface area contributed by atoms with Gasteiger partial charge in [0.15, 0.2) is 0 Å². The van der Waals surface area contributed by atoms with Crippen molar-refractivity contribution in [2.24, 2.45) is 0 Å². The zero-order valence-electron chi connectivity index (χ0n) is 14.9. The van der Waals surface area contributed by atoms with Gasteiger partial charge in [-0.3, -0.25) is 0 Å². The van der Waals surface area contributed by atoms with Gasteiger partial charge in [-0.1, -0.05) is 6.07 Å². The molecule has 7 nitrogen and oxygen atoms in total. The van der Waals surface area contributed by atoms with E-state index in [0.717, 1.165) is 22.4 Å². The van der Waals surface area contributed by atoms with Crippen LogP contribution in [-0.2, 0) is 0 Å². The van der Waals surface area contributed by atoms with Crippen LogP contribution < -0.4 is 15.5 Å². The molecule has 3 aromatic rings. The zero-order chi connectivity index (χ0) is 18.8. The first-order chi connectivity index (χ1) is 13.1. The van der Waals surface area contributed by atoms with Crippen LogP contribution >= 0.6 is 0 Å². The Hall–Kier alpha value is -3.00. The topological polar surface area (TPSA) is 86.2 Å². The minimum absolute atomic E-state index is 0.0326. The maximum atomic E-state index is 13.6. The van der Waals surface area contributed by atoms with E-state index in [0.29, 0.717) is 25.3 Å². The fraction of sp³-hybridized carbons (Fsp3) is 0.316. The van der Waals surface area contributed by atoms with Gasteiger partial charge in [0.05, 0.1) is 12.1 Å². The minimum atomic E-state index is -0.428. The molecule has 140 valence electrons. The van der Waals surface area contributed by atoms with Crippen molar-refractivity contribution < 1.29 is 9.50 Å². The summed E-state index contributed by atoms with van der Waals surface area (Å²) in [5.74, 6) is 1.82. The monoisotopic (exact) mass is 368 g/mol. The first-order valence-electron chi connectivity index (χ1n) is 8.86. The number of benzene rings is 1. The van der Waals surface area contributed by atoms with Gasteiger partial charge < -0.3 is 20.6 Å². The number of aromatic nitrogens is 3. The summed E-state index contributed by atoms with van der Waals surface area (Å²) in [5.41, 5.74) is 0. The van der Waals surface area contributed by atoms with Gasteiger partial charge in [-0.2, -0.15) is 0 Å². The molecular weight excluding hydrogens is 347 g/mol. The third-order valence-electron chi connectivity index (χ3n) is 4.83. The number of nitrogens with zero attached hydrogens (tertiary/aromatic N) is 4. The van der Waals surface area contributed by atoms with Crippen LogP contribution in [0.2, 0.25) is 0 Å². The van der Waals surface area contributed by atoms with E-state index in [2.05, 4.69) is 30.5 Å². The summed E-state index contributed by atoms with van der Waals surface area (Å²) in [5, 5.41) is 18.1. The second-order valence-corrected chi connectivity index (χ2v) is 6.61. The van der Waals surface area contributed by atoms with Crippen molar-refractivity contribution in [1.82, 2.24) is 15.0 Å². The molecule has 8 heteroatoms. The molecule has 0 amide bonds. The molecule has 1 aliphatic heterocycles. The van der Waals surface area contributed by atoms with Crippen molar-refractivity contribution in [3.8, 4) is 0 Å². The van der Waals surface area contributed by atoms with E-state index in [1.54, 1.807) is 19.3 Å². The summed E-state index contributed by atoms with van der Waals surface area (Å²) in [4.78, 5) is 14.9. The molecule has 27 heavy (non-hydrogen) atoms. The Kier molecular flexibility index (Phi) is 4.72. The molecule has 3 heterocycles. The number of rotatable bonds is 5. The van der Waals surface area contributed by atoms with E-state index in [1.807, 2.05) is 12.1 Å².